The summed E-state index contributed by atoms with van der Waals surface area (Å²) in [7, 11) is 0. The van der Waals surface area contributed by atoms with E-state index >= 15 is 0 Å². The Kier molecular flexibility index (Phi) is 5.38. The third-order valence-electron chi connectivity index (χ3n) is 7.33. The maximum atomic E-state index is 6.27. The van der Waals surface area contributed by atoms with Gasteiger partial charge in [0.25, 0.3) is 0 Å². The smallest absolute Gasteiger partial charge is 0.164 e. The summed E-state index contributed by atoms with van der Waals surface area (Å²) in [4.78, 5) is 19.9. The summed E-state index contributed by atoms with van der Waals surface area (Å²) in [5, 5.41) is 1.93. The molecule has 3 aromatic heterocycles. The van der Waals surface area contributed by atoms with Crippen LogP contribution in [0.1, 0.15) is 0 Å². The Hall–Kier alpha value is -5.68. The Morgan fingerprint density at radius 2 is 1.00 bits per heavy atom. The molecule has 8 rings (SSSR count). The minimum atomic E-state index is 0.573. The fraction of sp³-hybridized carbons (Fsp3) is 0. The van der Waals surface area contributed by atoms with Crippen LogP contribution in [0.2, 0.25) is 0 Å². The third-order valence-corrected chi connectivity index (χ3v) is 7.33. The standard InChI is InChI=1S/C36H22N4O/c1-3-10-23(11-4-1)24-18-20-26(21-19-24)35-38-34(25-12-5-2-6-13-25)39-36(40-35)28-15-9-17-30-32(28)33-31(41-30)22-27-14-7-8-16-29(27)37-33/h1-22H. The molecule has 0 radical (unpaired) electrons. The average Bonchev–Trinajstić information content (AvgIpc) is 3.42. The molecule has 192 valence electrons. The monoisotopic (exact) mass is 526 g/mol. The molecule has 0 N–H and O–H groups in total. The molecule has 5 heteroatoms. The zero-order valence-electron chi connectivity index (χ0n) is 21.9. The maximum absolute atomic E-state index is 6.27. The van der Waals surface area contributed by atoms with E-state index < -0.39 is 0 Å². The first-order chi connectivity index (χ1) is 20.3. The van der Waals surface area contributed by atoms with Gasteiger partial charge in [-0.05, 0) is 29.3 Å². The van der Waals surface area contributed by atoms with E-state index in [0.717, 1.165) is 55.2 Å². The molecule has 8 aromatic rings. The number of aromatic nitrogens is 4. The van der Waals surface area contributed by atoms with Crippen LogP contribution < -0.4 is 0 Å². The third kappa shape index (κ3) is 4.12. The number of fused-ring (bicyclic) bond motifs is 4. The van der Waals surface area contributed by atoms with Gasteiger partial charge < -0.3 is 4.42 Å². The minimum absolute atomic E-state index is 0.573. The van der Waals surface area contributed by atoms with Gasteiger partial charge >= 0.3 is 0 Å². The van der Waals surface area contributed by atoms with E-state index in [1.807, 2.05) is 97.1 Å². The largest absolute Gasteiger partial charge is 0.454 e. The Morgan fingerprint density at radius 3 is 1.76 bits per heavy atom. The molecule has 0 aliphatic heterocycles. The minimum Gasteiger partial charge on any atom is -0.454 e. The highest BCUT2D eigenvalue weighted by Crippen LogP contribution is 2.37. The molecule has 0 saturated carbocycles. The Morgan fingerprint density at radius 1 is 0.415 bits per heavy atom. The molecule has 0 spiro atoms. The van der Waals surface area contributed by atoms with Gasteiger partial charge in [-0.1, -0.05) is 115 Å². The van der Waals surface area contributed by atoms with Crippen LogP contribution in [0, 0.1) is 0 Å². The number of hydrogen-bond donors (Lipinski definition) is 0. The van der Waals surface area contributed by atoms with Crippen molar-refractivity contribution in [1.82, 2.24) is 19.9 Å². The van der Waals surface area contributed by atoms with Crippen molar-refractivity contribution >= 4 is 33.0 Å². The number of pyridine rings is 1. The van der Waals surface area contributed by atoms with Crippen molar-refractivity contribution in [1.29, 1.82) is 0 Å². The molecule has 0 bridgehead atoms. The molecule has 0 aliphatic rings. The van der Waals surface area contributed by atoms with E-state index in [0.29, 0.717) is 17.5 Å². The summed E-state index contributed by atoms with van der Waals surface area (Å²) in [5.41, 5.74) is 8.19. The van der Waals surface area contributed by atoms with Gasteiger partial charge in [0.1, 0.15) is 11.1 Å². The molecule has 0 fully saturated rings. The van der Waals surface area contributed by atoms with Crippen molar-refractivity contribution in [2.75, 3.05) is 0 Å². The van der Waals surface area contributed by atoms with Crippen molar-refractivity contribution < 1.29 is 4.42 Å². The highest BCUT2D eigenvalue weighted by atomic mass is 16.3. The fourth-order valence-corrected chi connectivity index (χ4v) is 5.30. The molecule has 0 aliphatic carbocycles. The molecule has 0 amide bonds. The number of rotatable bonds is 4. The molecule has 0 atom stereocenters. The van der Waals surface area contributed by atoms with Crippen LogP contribution in [0.5, 0.6) is 0 Å². The summed E-state index contributed by atoms with van der Waals surface area (Å²) >= 11 is 0. The van der Waals surface area contributed by atoms with Crippen LogP contribution in [0.3, 0.4) is 0 Å². The van der Waals surface area contributed by atoms with E-state index in [2.05, 4.69) is 36.4 Å². The number of hydrogen-bond acceptors (Lipinski definition) is 5. The van der Waals surface area contributed by atoms with Crippen LogP contribution in [0.15, 0.2) is 138 Å². The normalized spacial score (nSPS) is 11.4. The quantitative estimate of drug-likeness (QED) is 0.229. The van der Waals surface area contributed by atoms with Gasteiger partial charge in [0.15, 0.2) is 23.1 Å². The SMILES string of the molecule is c1ccc(-c2ccc(-c3nc(-c4ccccc4)nc(-c4cccc5oc6cc7ccccc7nc6c45)n3)cc2)cc1. The van der Waals surface area contributed by atoms with Crippen molar-refractivity contribution in [3.63, 3.8) is 0 Å². The molecule has 0 unspecified atom stereocenters. The van der Waals surface area contributed by atoms with Crippen molar-refractivity contribution in [3.05, 3.63) is 133 Å². The molecule has 5 nitrogen and oxygen atoms in total. The summed E-state index contributed by atoms with van der Waals surface area (Å²) in [5.74, 6) is 1.79. The van der Waals surface area contributed by atoms with Gasteiger partial charge in [0.05, 0.1) is 10.9 Å². The van der Waals surface area contributed by atoms with Crippen molar-refractivity contribution in [3.8, 4) is 45.3 Å². The van der Waals surface area contributed by atoms with Gasteiger partial charge in [0, 0.05) is 22.1 Å². The first-order valence-electron chi connectivity index (χ1n) is 13.5. The second-order valence-electron chi connectivity index (χ2n) is 9.92. The van der Waals surface area contributed by atoms with E-state index in [1.165, 1.54) is 5.56 Å². The fourth-order valence-electron chi connectivity index (χ4n) is 5.30. The first kappa shape index (κ1) is 23.2. The average molecular weight is 527 g/mol. The van der Waals surface area contributed by atoms with Crippen LogP contribution in [0.25, 0.3) is 78.3 Å². The Balaban J connectivity index is 1.34. The van der Waals surface area contributed by atoms with E-state index in [4.69, 9.17) is 24.4 Å². The van der Waals surface area contributed by atoms with Gasteiger partial charge in [-0.3, -0.25) is 0 Å². The van der Waals surface area contributed by atoms with E-state index in [9.17, 15) is 0 Å². The van der Waals surface area contributed by atoms with Gasteiger partial charge in [-0.15, -0.1) is 0 Å². The van der Waals surface area contributed by atoms with Crippen molar-refractivity contribution in [2.45, 2.75) is 0 Å². The highest BCUT2D eigenvalue weighted by molar-refractivity contribution is 6.12. The first-order valence-corrected chi connectivity index (χ1v) is 13.5. The lowest BCUT2D eigenvalue weighted by Crippen LogP contribution is -2.00. The lowest BCUT2D eigenvalue weighted by Gasteiger charge is -2.10. The second-order valence-corrected chi connectivity index (χ2v) is 9.92. The predicted molar refractivity (Wildman–Crippen MR) is 164 cm³/mol. The number of benzene rings is 5. The maximum Gasteiger partial charge on any atom is 0.164 e. The number of para-hydroxylation sites is 1. The van der Waals surface area contributed by atoms with Crippen LogP contribution in [-0.2, 0) is 0 Å². The topological polar surface area (TPSA) is 64.7 Å². The number of furan rings is 1. The van der Waals surface area contributed by atoms with E-state index in [1.54, 1.807) is 0 Å². The van der Waals surface area contributed by atoms with Gasteiger partial charge in [0.2, 0.25) is 0 Å². The summed E-state index contributed by atoms with van der Waals surface area (Å²) in [6.45, 7) is 0. The van der Waals surface area contributed by atoms with Crippen LogP contribution in [0.4, 0.5) is 0 Å². The molecule has 5 aromatic carbocycles. The second kappa shape index (κ2) is 9.50. The summed E-state index contributed by atoms with van der Waals surface area (Å²) in [6, 6.07) is 44.8. The van der Waals surface area contributed by atoms with Gasteiger partial charge in [-0.25, -0.2) is 19.9 Å². The predicted octanol–water partition coefficient (Wildman–Crippen LogP) is 8.99. The van der Waals surface area contributed by atoms with Crippen LogP contribution >= 0.6 is 0 Å². The van der Waals surface area contributed by atoms with Crippen molar-refractivity contribution in [2.24, 2.45) is 0 Å². The zero-order valence-corrected chi connectivity index (χ0v) is 21.9. The zero-order chi connectivity index (χ0) is 27.2. The number of nitrogens with zero attached hydrogens (tertiary/aromatic N) is 4. The molecule has 3 heterocycles. The summed E-state index contributed by atoms with van der Waals surface area (Å²) in [6.07, 6.45) is 0. The van der Waals surface area contributed by atoms with E-state index in [-0.39, 0.29) is 0 Å². The lowest BCUT2D eigenvalue weighted by molar-refractivity contribution is 0.669. The molecule has 41 heavy (non-hydrogen) atoms. The lowest BCUT2D eigenvalue weighted by atomic mass is 10.0. The Labute approximate surface area is 235 Å². The Bertz CT molecular complexity index is 2190. The molecular formula is C36H22N4O. The molecular weight excluding hydrogens is 504 g/mol. The van der Waals surface area contributed by atoms with Gasteiger partial charge in [-0.2, -0.15) is 0 Å². The summed E-state index contributed by atoms with van der Waals surface area (Å²) < 4.78 is 6.27. The highest BCUT2D eigenvalue weighted by Gasteiger charge is 2.19. The van der Waals surface area contributed by atoms with Crippen LogP contribution in [-0.4, -0.2) is 19.9 Å². The molecule has 0 saturated heterocycles.